The first-order valence-electron chi connectivity index (χ1n) is 7.46. The number of rotatable bonds is 6. The molecule has 1 aromatic rings. The molecule has 1 aliphatic carbocycles. The van der Waals surface area contributed by atoms with E-state index in [1.165, 1.54) is 24.3 Å². The van der Waals surface area contributed by atoms with Gasteiger partial charge in [0.25, 0.3) is 0 Å². The third-order valence-electron chi connectivity index (χ3n) is 3.18. The highest BCUT2D eigenvalue weighted by Gasteiger charge is 2.31. The van der Waals surface area contributed by atoms with Gasteiger partial charge in [0.1, 0.15) is 5.75 Å². The maximum Gasteiger partial charge on any atom is 0.573 e. The summed E-state index contributed by atoms with van der Waals surface area (Å²) in [6.07, 6.45) is -3.41. The van der Waals surface area contributed by atoms with Crippen molar-refractivity contribution in [2.24, 2.45) is 4.99 Å². The standard InChI is InChI=1S/C15H20F3N3O2/c1-2-19-14(21-11-5-6-11)20-9-13(22)10-3-7-12(8-4-10)23-15(16,17)18/h3-4,7-8,11,13,22H,2,5-6,9H2,1H3,(H2,19,20,21). The number of aliphatic hydroxyl groups excluding tert-OH is 1. The number of nitrogens with zero attached hydrogens (tertiary/aromatic N) is 1. The Kier molecular flexibility index (Phi) is 5.70. The topological polar surface area (TPSA) is 65.9 Å². The summed E-state index contributed by atoms with van der Waals surface area (Å²) in [7, 11) is 0. The van der Waals surface area contributed by atoms with Crippen LogP contribution in [0.4, 0.5) is 13.2 Å². The number of ether oxygens (including phenoxy) is 1. The second-order valence-corrected chi connectivity index (χ2v) is 5.27. The quantitative estimate of drug-likeness (QED) is 0.553. The molecule has 128 valence electrons. The van der Waals surface area contributed by atoms with E-state index in [9.17, 15) is 18.3 Å². The Hall–Kier alpha value is -1.96. The van der Waals surface area contributed by atoms with Gasteiger partial charge in [0.2, 0.25) is 0 Å². The van der Waals surface area contributed by atoms with Crippen molar-refractivity contribution in [3.63, 3.8) is 0 Å². The van der Waals surface area contributed by atoms with Crippen LogP contribution in [0.3, 0.4) is 0 Å². The average Bonchev–Trinajstić information content (AvgIpc) is 3.28. The van der Waals surface area contributed by atoms with Gasteiger partial charge in [0.05, 0.1) is 12.6 Å². The van der Waals surface area contributed by atoms with Crippen molar-refractivity contribution in [3.05, 3.63) is 29.8 Å². The van der Waals surface area contributed by atoms with Crippen molar-refractivity contribution in [3.8, 4) is 5.75 Å². The molecule has 0 heterocycles. The molecule has 0 spiro atoms. The summed E-state index contributed by atoms with van der Waals surface area (Å²) in [4.78, 5) is 4.28. The number of aliphatic hydroxyl groups is 1. The average molecular weight is 331 g/mol. The van der Waals surface area contributed by atoms with Crippen LogP contribution < -0.4 is 15.4 Å². The molecule has 1 aromatic carbocycles. The van der Waals surface area contributed by atoms with E-state index in [-0.39, 0.29) is 12.3 Å². The molecule has 0 aliphatic heterocycles. The van der Waals surface area contributed by atoms with Crippen LogP contribution >= 0.6 is 0 Å². The largest absolute Gasteiger partial charge is 0.573 e. The van der Waals surface area contributed by atoms with Gasteiger partial charge in [-0.15, -0.1) is 13.2 Å². The summed E-state index contributed by atoms with van der Waals surface area (Å²) in [6, 6.07) is 5.56. The number of guanidine groups is 1. The highest BCUT2D eigenvalue weighted by Crippen LogP contribution is 2.24. The zero-order chi connectivity index (χ0) is 16.9. The minimum Gasteiger partial charge on any atom is -0.406 e. The van der Waals surface area contributed by atoms with Crippen LogP contribution in [-0.4, -0.2) is 36.6 Å². The minimum atomic E-state index is -4.72. The van der Waals surface area contributed by atoms with Gasteiger partial charge in [-0.3, -0.25) is 4.99 Å². The van der Waals surface area contributed by atoms with E-state index in [1.807, 2.05) is 6.92 Å². The molecule has 0 bridgehead atoms. The second kappa shape index (κ2) is 7.54. The predicted octanol–water partition coefficient (Wildman–Crippen LogP) is 2.34. The zero-order valence-electron chi connectivity index (χ0n) is 12.7. The lowest BCUT2D eigenvalue weighted by atomic mass is 10.1. The Balaban J connectivity index is 1.92. The van der Waals surface area contributed by atoms with Crippen LogP contribution in [0.1, 0.15) is 31.4 Å². The fourth-order valence-corrected chi connectivity index (χ4v) is 1.92. The number of alkyl halides is 3. The summed E-state index contributed by atoms with van der Waals surface area (Å²) in [5.41, 5.74) is 0.477. The summed E-state index contributed by atoms with van der Waals surface area (Å²) in [6.45, 7) is 2.76. The second-order valence-electron chi connectivity index (χ2n) is 5.27. The van der Waals surface area contributed by atoms with E-state index < -0.39 is 12.5 Å². The van der Waals surface area contributed by atoms with Crippen LogP contribution in [0.5, 0.6) is 5.75 Å². The number of nitrogens with one attached hydrogen (secondary N) is 2. The van der Waals surface area contributed by atoms with Gasteiger partial charge in [0, 0.05) is 12.6 Å². The number of benzene rings is 1. The van der Waals surface area contributed by atoms with E-state index in [1.54, 1.807) is 0 Å². The van der Waals surface area contributed by atoms with Crippen LogP contribution in [0.2, 0.25) is 0 Å². The summed E-state index contributed by atoms with van der Waals surface area (Å²) >= 11 is 0. The molecule has 8 heteroatoms. The van der Waals surface area contributed by atoms with Crippen LogP contribution in [-0.2, 0) is 0 Å². The van der Waals surface area contributed by atoms with Crippen molar-refractivity contribution in [2.45, 2.75) is 38.3 Å². The molecule has 1 fully saturated rings. The normalized spacial score (nSPS) is 16.8. The third kappa shape index (κ3) is 6.35. The summed E-state index contributed by atoms with van der Waals surface area (Å²) in [5.74, 6) is 0.312. The SMILES string of the molecule is CCNC(=NCC(O)c1ccc(OC(F)(F)F)cc1)NC1CC1. The first-order chi connectivity index (χ1) is 10.9. The van der Waals surface area contributed by atoms with Crippen molar-refractivity contribution in [2.75, 3.05) is 13.1 Å². The Bertz CT molecular complexity index is 528. The van der Waals surface area contributed by atoms with E-state index in [0.717, 1.165) is 12.8 Å². The molecule has 2 rings (SSSR count). The van der Waals surface area contributed by atoms with Crippen LogP contribution in [0, 0.1) is 0 Å². The highest BCUT2D eigenvalue weighted by atomic mass is 19.4. The van der Waals surface area contributed by atoms with Gasteiger partial charge in [0.15, 0.2) is 5.96 Å². The number of halogens is 3. The first kappa shape index (κ1) is 17.4. The van der Waals surface area contributed by atoms with Crippen LogP contribution in [0.25, 0.3) is 0 Å². The van der Waals surface area contributed by atoms with Gasteiger partial charge in [-0.1, -0.05) is 12.1 Å². The molecule has 0 radical (unpaired) electrons. The molecular formula is C15H20F3N3O2. The van der Waals surface area contributed by atoms with Crippen LogP contribution in [0.15, 0.2) is 29.3 Å². The molecule has 1 unspecified atom stereocenters. The molecule has 0 aromatic heterocycles. The Labute approximate surface area is 132 Å². The number of aliphatic imine (C=N–C) groups is 1. The lowest BCUT2D eigenvalue weighted by Gasteiger charge is -2.13. The van der Waals surface area contributed by atoms with Gasteiger partial charge in [-0.05, 0) is 37.5 Å². The van der Waals surface area contributed by atoms with Crippen molar-refractivity contribution in [1.82, 2.24) is 10.6 Å². The highest BCUT2D eigenvalue weighted by molar-refractivity contribution is 5.80. The fourth-order valence-electron chi connectivity index (χ4n) is 1.92. The zero-order valence-corrected chi connectivity index (χ0v) is 12.7. The Morgan fingerprint density at radius 1 is 1.35 bits per heavy atom. The summed E-state index contributed by atoms with van der Waals surface area (Å²) < 4.78 is 40.1. The maximum absolute atomic E-state index is 12.1. The monoisotopic (exact) mass is 331 g/mol. The smallest absolute Gasteiger partial charge is 0.406 e. The van der Waals surface area contributed by atoms with Gasteiger partial charge >= 0.3 is 6.36 Å². The Morgan fingerprint density at radius 2 is 2.00 bits per heavy atom. The van der Waals surface area contributed by atoms with Crippen molar-refractivity contribution < 1.29 is 23.0 Å². The van der Waals surface area contributed by atoms with Crippen molar-refractivity contribution in [1.29, 1.82) is 0 Å². The summed E-state index contributed by atoms with van der Waals surface area (Å²) in [5, 5.41) is 16.4. The number of hydrogen-bond donors (Lipinski definition) is 3. The van der Waals surface area contributed by atoms with Gasteiger partial charge in [-0.2, -0.15) is 0 Å². The van der Waals surface area contributed by atoms with Gasteiger partial charge in [-0.25, -0.2) is 0 Å². The predicted molar refractivity (Wildman–Crippen MR) is 80.2 cm³/mol. The molecule has 1 atom stereocenters. The van der Waals surface area contributed by atoms with E-state index in [0.29, 0.717) is 24.1 Å². The third-order valence-corrected chi connectivity index (χ3v) is 3.18. The molecule has 0 amide bonds. The lowest BCUT2D eigenvalue weighted by Crippen LogP contribution is -2.38. The minimum absolute atomic E-state index is 0.113. The fraction of sp³-hybridized carbons (Fsp3) is 0.533. The molecule has 5 nitrogen and oxygen atoms in total. The molecule has 23 heavy (non-hydrogen) atoms. The maximum atomic E-state index is 12.1. The molecule has 1 aliphatic rings. The number of hydrogen-bond acceptors (Lipinski definition) is 3. The lowest BCUT2D eigenvalue weighted by molar-refractivity contribution is -0.274. The Morgan fingerprint density at radius 3 is 2.52 bits per heavy atom. The molecule has 0 saturated heterocycles. The van der Waals surface area contributed by atoms with Gasteiger partial charge < -0.3 is 20.5 Å². The van der Waals surface area contributed by atoms with E-state index >= 15 is 0 Å². The first-order valence-corrected chi connectivity index (χ1v) is 7.46. The molecule has 1 saturated carbocycles. The molecular weight excluding hydrogens is 311 g/mol. The molecule has 3 N–H and O–H groups in total. The van der Waals surface area contributed by atoms with E-state index in [2.05, 4.69) is 20.4 Å². The van der Waals surface area contributed by atoms with E-state index in [4.69, 9.17) is 0 Å². The van der Waals surface area contributed by atoms with Crippen molar-refractivity contribution >= 4 is 5.96 Å².